The minimum atomic E-state index is -0.157. The molecule has 0 saturated carbocycles. The van der Waals surface area contributed by atoms with Gasteiger partial charge in [0.2, 0.25) is 0 Å². The number of aryl methyl sites for hydroxylation is 1. The van der Waals surface area contributed by atoms with E-state index in [9.17, 15) is 4.79 Å². The molecule has 0 aromatic heterocycles. The highest BCUT2D eigenvalue weighted by Crippen LogP contribution is 2.36. The average molecular weight is 407 g/mol. The van der Waals surface area contributed by atoms with E-state index in [1.165, 1.54) is 5.56 Å². The summed E-state index contributed by atoms with van der Waals surface area (Å²) in [5.74, 6) is 0.770. The third-order valence-electron chi connectivity index (χ3n) is 5.41. The molecule has 1 heterocycles. The SMILES string of the molecule is COc1ccc(NC(=O)N2CCc3ccccc3[C@H]2c2ccc(Cl)cc2)c(C)c1. The molecule has 0 bridgehead atoms. The zero-order valence-corrected chi connectivity index (χ0v) is 17.2. The molecule has 3 aromatic carbocycles. The molecule has 0 unspecified atom stereocenters. The fourth-order valence-corrected chi connectivity index (χ4v) is 4.01. The van der Waals surface area contributed by atoms with E-state index < -0.39 is 0 Å². The van der Waals surface area contributed by atoms with E-state index in [1.807, 2.05) is 66.4 Å². The van der Waals surface area contributed by atoms with Crippen molar-refractivity contribution in [3.05, 3.63) is 94.0 Å². The summed E-state index contributed by atoms with van der Waals surface area (Å²) in [6.07, 6.45) is 0.829. The lowest BCUT2D eigenvalue weighted by Crippen LogP contribution is -2.43. The molecule has 0 aliphatic carbocycles. The van der Waals surface area contributed by atoms with E-state index in [-0.39, 0.29) is 12.1 Å². The number of ether oxygens (including phenoxy) is 1. The molecular formula is C24H23ClN2O2. The van der Waals surface area contributed by atoms with Crippen molar-refractivity contribution in [2.75, 3.05) is 19.0 Å². The van der Waals surface area contributed by atoms with E-state index in [2.05, 4.69) is 17.4 Å². The number of nitrogens with zero attached hydrogens (tertiary/aromatic N) is 1. The van der Waals surface area contributed by atoms with Crippen molar-refractivity contribution in [1.82, 2.24) is 4.90 Å². The molecule has 0 saturated heterocycles. The van der Waals surface area contributed by atoms with Crippen LogP contribution in [0.4, 0.5) is 10.5 Å². The van der Waals surface area contributed by atoms with Crippen molar-refractivity contribution in [2.45, 2.75) is 19.4 Å². The predicted molar refractivity (Wildman–Crippen MR) is 117 cm³/mol. The summed E-state index contributed by atoms with van der Waals surface area (Å²) in [5.41, 5.74) is 5.21. The Morgan fingerprint density at radius 1 is 1.10 bits per heavy atom. The van der Waals surface area contributed by atoms with Crippen LogP contribution in [0.25, 0.3) is 0 Å². The van der Waals surface area contributed by atoms with Crippen LogP contribution in [0.3, 0.4) is 0 Å². The summed E-state index contributed by atoms with van der Waals surface area (Å²) in [7, 11) is 1.63. The van der Waals surface area contributed by atoms with E-state index in [1.54, 1.807) is 7.11 Å². The Morgan fingerprint density at radius 2 is 1.86 bits per heavy atom. The number of carbonyl (C=O) groups excluding carboxylic acids is 1. The number of benzene rings is 3. The van der Waals surface area contributed by atoms with Crippen molar-refractivity contribution >= 4 is 23.3 Å². The van der Waals surface area contributed by atoms with E-state index in [4.69, 9.17) is 16.3 Å². The first-order chi connectivity index (χ1) is 14.1. The first-order valence-electron chi connectivity index (χ1n) is 9.62. The number of fused-ring (bicyclic) bond motifs is 1. The smallest absolute Gasteiger partial charge is 0.322 e. The van der Waals surface area contributed by atoms with Gasteiger partial charge in [-0.05, 0) is 65.9 Å². The zero-order chi connectivity index (χ0) is 20.4. The number of halogens is 1. The van der Waals surface area contributed by atoms with Crippen molar-refractivity contribution < 1.29 is 9.53 Å². The highest BCUT2D eigenvalue weighted by molar-refractivity contribution is 6.30. The van der Waals surface area contributed by atoms with Crippen molar-refractivity contribution in [3.8, 4) is 5.75 Å². The number of methoxy groups -OCH3 is 1. The Balaban J connectivity index is 1.67. The fourth-order valence-electron chi connectivity index (χ4n) is 3.88. The standard InChI is InChI=1S/C24H23ClN2O2/c1-16-15-20(29-2)11-12-22(16)26-24(28)27-14-13-17-5-3-4-6-21(17)23(27)18-7-9-19(25)10-8-18/h3-12,15,23H,13-14H2,1-2H3,(H,26,28)/t23-/m1/s1. The van der Waals surface area contributed by atoms with Gasteiger partial charge >= 0.3 is 6.03 Å². The lowest BCUT2D eigenvalue weighted by molar-refractivity contribution is 0.194. The van der Waals surface area contributed by atoms with Gasteiger partial charge in [0, 0.05) is 17.3 Å². The van der Waals surface area contributed by atoms with Crippen LogP contribution in [0.2, 0.25) is 5.02 Å². The maximum atomic E-state index is 13.3. The Kier molecular flexibility index (Phi) is 5.45. The monoisotopic (exact) mass is 406 g/mol. The molecule has 3 aromatic rings. The quantitative estimate of drug-likeness (QED) is 0.593. The van der Waals surface area contributed by atoms with Gasteiger partial charge in [0.15, 0.2) is 0 Å². The number of anilines is 1. The topological polar surface area (TPSA) is 41.6 Å². The summed E-state index contributed by atoms with van der Waals surface area (Å²) < 4.78 is 5.26. The van der Waals surface area contributed by atoms with Crippen LogP contribution in [0, 0.1) is 6.92 Å². The molecule has 1 atom stereocenters. The van der Waals surface area contributed by atoms with Gasteiger partial charge in [-0.2, -0.15) is 0 Å². The van der Waals surface area contributed by atoms with Gasteiger partial charge in [0.25, 0.3) is 0 Å². The molecule has 1 aliphatic rings. The average Bonchev–Trinajstić information content (AvgIpc) is 2.75. The minimum Gasteiger partial charge on any atom is -0.497 e. The molecule has 0 spiro atoms. The van der Waals surface area contributed by atoms with Crippen LogP contribution in [-0.4, -0.2) is 24.6 Å². The van der Waals surface area contributed by atoms with E-state index >= 15 is 0 Å². The molecule has 4 rings (SSSR count). The number of urea groups is 1. The first-order valence-corrected chi connectivity index (χ1v) is 10.00. The normalized spacial score (nSPS) is 15.6. The molecule has 148 valence electrons. The second-order valence-corrected chi connectivity index (χ2v) is 7.64. The van der Waals surface area contributed by atoms with Gasteiger partial charge < -0.3 is 15.0 Å². The molecular weight excluding hydrogens is 384 g/mol. The highest BCUT2D eigenvalue weighted by Gasteiger charge is 2.32. The van der Waals surface area contributed by atoms with Crippen LogP contribution in [0.1, 0.15) is 28.3 Å². The van der Waals surface area contributed by atoms with Gasteiger partial charge in [-0.3, -0.25) is 0 Å². The van der Waals surface area contributed by atoms with Crippen LogP contribution in [0.5, 0.6) is 5.75 Å². The van der Waals surface area contributed by atoms with Gasteiger partial charge in [-0.25, -0.2) is 4.79 Å². The zero-order valence-electron chi connectivity index (χ0n) is 16.5. The van der Waals surface area contributed by atoms with Gasteiger partial charge in [0.05, 0.1) is 13.2 Å². The lowest BCUT2D eigenvalue weighted by Gasteiger charge is -2.37. The molecule has 0 radical (unpaired) electrons. The summed E-state index contributed by atoms with van der Waals surface area (Å²) in [6.45, 7) is 2.60. The highest BCUT2D eigenvalue weighted by atomic mass is 35.5. The van der Waals surface area contributed by atoms with Crippen molar-refractivity contribution in [3.63, 3.8) is 0 Å². The Bertz CT molecular complexity index is 1030. The third kappa shape index (κ3) is 3.94. The van der Waals surface area contributed by atoms with E-state index in [0.717, 1.165) is 34.5 Å². The third-order valence-corrected chi connectivity index (χ3v) is 5.66. The molecule has 1 aliphatic heterocycles. The summed E-state index contributed by atoms with van der Waals surface area (Å²) in [4.78, 5) is 15.2. The molecule has 4 nitrogen and oxygen atoms in total. The number of amides is 2. The minimum absolute atomic E-state index is 0.118. The van der Waals surface area contributed by atoms with Gasteiger partial charge in [0.1, 0.15) is 5.75 Å². The number of nitrogens with one attached hydrogen (secondary N) is 1. The second kappa shape index (κ2) is 8.18. The molecule has 1 N–H and O–H groups in total. The van der Waals surface area contributed by atoms with Crippen LogP contribution in [0.15, 0.2) is 66.7 Å². The largest absolute Gasteiger partial charge is 0.497 e. The maximum absolute atomic E-state index is 13.3. The summed E-state index contributed by atoms with van der Waals surface area (Å²) in [5, 5.41) is 3.76. The predicted octanol–water partition coefficient (Wildman–Crippen LogP) is 5.84. The Hall–Kier alpha value is -2.98. The van der Waals surface area contributed by atoms with Crippen LogP contribution < -0.4 is 10.1 Å². The molecule has 5 heteroatoms. The Labute approximate surface area is 176 Å². The number of carbonyl (C=O) groups is 1. The van der Waals surface area contributed by atoms with Crippen LogP contribution in [-0.2, 0) is 6.42 Å². The van der Waals surface area contributed by atoms with Crippen molar-refractivity contribution in [1.29, 1.82) is 0 Å². The maximum Gasteiger partial charge on any atom is 0.322 e. The Morgan fingerprint density at radius 3 is 2.59 bits per heavy atom. The van der Waals surface area contributed by atoms with Crippen LogP contribution >= 0.6 is 11.6 Å². The molecule has 29 heavy (non-hydrogen) atoms. The second-order valence-electron chi connectivity index (χ2n) is 7.21. The van der Waals surface area contributed by atoms with Gasteiger partial charge in [-0.1, -0.05) is 48.0 Å². The summed E-state index contributed by atoms with van der Waals surface area (Å²) in [6, 6.07) is 21.4. The lowest BCUT2D eigenvalue weighted by atomic mass is 9.88. The molecule has 0 fully saturated rings. The van der Waals surface area contributed by atoms with E-state index in [0.29, 0.717) is 11.6 Å². The number of hydrogen-bond acceptors (Lipinski definition) is 2. The van der Waals surface area contributed by atoms with Gasteiger partial charge in [-0.15, -0.1) is 0 Å². The number of hydrogen-bond donors (Lipinski definition) is 1. The fraction of sp³-hybridized carbons (Fsp3) is 0.208. The molecule has 2 amide bonds. The summed E-state index contributed by atoms with van der Waals surface area (Å²) >= 11 is 6.10. The first kappa shape index (κ1) is 19.3. The number of rotatable bonds is 3. The van der Waals surface area contributed by atoms with Crippen molar-refractivity contribution in [2.24, 2.45) is 0 Å².